The van der Waals surface area contributed by atoms with Gasteiger partial charge < -0.3 is 14.6 Å². The minimum atomic E-state index is -1.79. The molecule has 2 aliphatic rings. The van der Waals surface area contributed by atoms with Crippen molar-refractivity contribution in [2.24, 2.45) is 17.3 Å². The maximum atomic E-state index is 11.3. The Morgan fingerprint density at radius 3 is 2.35 bits per heavy atom. The van der Waals surface area contributed by atoms with Crippen molar-refractivity contribution in [2.75, 3.05) is 6.61 Å². The molecule has 0 saturated heterocycles. The fourth-order valence-electron chi connectivity index (χ4n) is 5.52. The van der Waals surface area contributed by atoms with Gasteiger partial charge in [0.05, 0.1) is 12.2 Å². The molecule has 4 heteroatoms. The average Bonchev–Trinajstić information content (AvgIpc) is 2.84. The number of aliphatic hydroxyl groups excluding tert-OH is 1. The molecule has 2 aliphatic carbocycles. The zero-order valence-corrected chi connectivity index (χ0v) is 19.2. The molecule has 0 bridgehead atoms. The molecule has 0 aromatic carbocycles. The van der Waals surface area contributed by atoms with Gasteiger partial charge in [0.2, 0.25) is 0 Å². The van der Waals surface area contributed by atoms with Gasteiger partial charge >= 0.3 is 0 Å². The Morgan fingerprint density at radius 2 is 1.81 bits per heavy atom. The number of hydrogen-bond acceptors (Lipinski definition) is 3. The fraction of sp³-hybridized carbons (Fsp3) is 0.909. The molecule has 0 aromatic heterocycles. The highest BCUT2D eigenvalue weighted by Crippen LogP contribution is 2.60. The van der Waals surface area contributed by atoms with E-state index in [2.05, 4.69) is 47.4 Å². The van der Waals surface area contributed by atoms with Crippen LogP contribution >= 0.6 is 0 Å². The van der Waals surface area contributed by atoms with Crippen molar-refractivity contribution < 1.29 is 14.6 Å². The summed E-state index contributed by atoms with van der Waals surface area (Å²) < 4.78 is 6.89. The summed E-state index contributed by atoms with van der Waals surface area (Å²) in [5.74, 6) is 0.776. The molecule has 5 atom stereocenters. The van der Waals surface area contributed by atoms with Gasteiger partial charge in [-0.05, 0) is 80.0 Å². The van der Waals surface area contributed by atoms with E-state index in [1.54, 1.807) is 0 Å². The standard InChI is InChI=1S/C22H42O3Si/c1-16(15-23)14-22(6,24)19-12-11-17-18(10-9-13-21(17,19)5)25-26(7,8)20(2,3)4/h17-19,23-24H,1,9-15H2,2-8H3/t17-,18-,19-,21-,22?/m0/s1. The third-order valence-corrected chi connectivity index (χ3v) is 12.4. The van der Waals surface area contributed by atoms with Crippen molar-refractivity contribution in [1.82, 2.24) is 0 Å². The van der Waals surface area contributed by atoms with E-state index < -0.39 is 13.9 Å². The summed E-state index contributed by atoms with van der Waals surface area (Å²) in [7, 11) is -1.79. The third-order valence-electron chi connectivity index (χ3n) is 7.90. The lowest BCUT2D eigenvalue weighted by Crippen LogP contribution is -2.52. The molecule has 2 saturated carbocycles. The fourth-order valence-corrected chi connectivity index (χ4v) is 6.91. The maximum absolute atomic E-state index is 11.3. The summed E-state index contributed by atoms with van der Waals surface area (Å²) in [4.78, 5) is 0. The molecule has 2 fully saturated rings. The van der Waals surface area contributed by atoms with Gasteiger partial charge in [-0.25, -0.2) is 0 Å². The Hall–Kier alpha value is -0.163. The van der Waals surface area contributed by atoms with Crippen molar-refractivity contribution in [1.29, 1.82) is 0 Å². The molecule has 2 N–H and O–H groups in total. The highest BCUT2D eigenvalue weighted by molar-refractivity contribution is 6.74. The van der Waals surface area contributed by atoms with E-state index in [0.717, 1.165) is 24.8 Å². The lowest BCUT2D eigenvalue weighted by atomic mass is 9.60. The Labute approximate surface area is 162 Å². The monoisotopic (exact) mass is 382 g/mol. The second-order valence-corrected chi connectivity index (χ2v) is 15.7. The Morgan fingerprint density at radius 1 is 1.19 bits per heavy atom. The van der Waals surface area contributed by atoms with Crippen LogP contribution < -0.4 is 0 Å². The quantitative estimate of drug-likeness (QED) is 0.485. The van der Waals surface area contributed by atoms with Crippen molar-refractivity contribution >= 4 is 8.32 Å². The van der Waals surface area contributed by atoms with Crippen LogP contribution in [0, 0.1) is 17.3 Å². The van der Waals surface area contributed by atoms with Crippen molar-refractivity contribution in [2.45, 2.75) is 103 Å². The summed E-state index contributed by atoms with van der Waals surface area (Å²) in [5, 5.41) is 20.8. The SMILES string of the molecule is C=C(CO)CC(C)(O)[C@H]1CC[C@H]2[C@@H](O[Si](C)(C)C(C)(C)C)CCC[C@]12C. The van der Waals surface area contributed by atoms with Gasteiger partial charge in [0.1, 0.15) is 0 Å². The molecular weight excluding hydrogens is 340 g/mol. The number of aliphatic hydroxyl groups is 2. The van der Waals surface area contributed by atoms with E-state index in [-0.39, 0.29) is 23.0 Å². The molecule has 26 heavy (non-hydrogen) atoms. The van der Waals surface area contributed by atoms with E-state index in [0.29, 0.717) is 18.4 Å². The number of hydrogen-bond donors (Lipinski definition) is 2. The zero-order valence-electron chi connectivity index (χ0n) is 18.2. The topological polar surface area (TPSA) is 49.7 Å². The van der Waals surface area contributed by atoms with Crippen molar-refractivity contribution in [3.63, 3.8) is 0 Å². The van der Waals surface area contributed by atoms with Gasteiger partial charge in [-0.3, -0.25) is 0 Å². The van der Waals surface area contributed by atoms with Crippen molar-refractivity contribution in [3.8, 4) is 0 Å². The lowest BCUT2D eigenvalue weighted by molar-refractivity contribution is -0.0870. The molecule has 152 valence electrons. The Kier molecular flexibility index (Phi) is 6.25. The lowest BCUT2D eigenvalue weighted by Gasteiger charge is -2.51. The molecule has 1 unspecified atom stereocenters. The molecule has 2 rings (SSSR count). The van der Waals surface area contributed by atoms with Crippen molar-refractivity contribution in [3.05, 3.63) is 12.2 Å². The van der Waals surface area contributed by atoms with Crippen LogP contribution in [-0.4, -0.2) is 36.8 Å². The normalized spacial score (nSPS) is 35.0. The van der Waals surface area contributed by atoms with Gasteiger partial charge in [0, 0.05) is 6.10 Å². The smallest absolute Gasteiger partial charge is 0.192 e. The summed E-state index contributed by atoms with van der Waals surface area (Å²) >= 11 is 0. The van der Waals surface area contributed by atoms with Gasteiger partial charge in [-0.1, -0.05) is 40.7 Å². The first-order valence-corrected chi connectivity index (χ1v) is 13.3. The summed E-state index contributed by atoms with van der Waals surface area (Å²) in [6.45, 7) is 19.8. The minimum Gasteiger partial charge on any atom is -0.414 e. The summed E-state index contributed by atoms with van der Waals surface area (Å²) in [6.07, 6.45) is 6.51. The molecule has 0 aliphatic heterocycles. The molecule has 0 spiro atoms. The average molecular weight is 383 g/mol. The van der Waals surface area contributed by atoms with Crippen LogP contribution in [0.5, 0.6) is 0 Å². The van der Waals surface area contributed by atoms with E-state index >= 15 is 0 Å². The van der Waals surface area contributed by atoms with Crippen LogP contribution in [0.3, 0.4) is 0 Å². The molecule has 0 amide bonds. The maximum Gasteiger partial charge on any atom is 0.192 e. The van der Waals surface area contributed by atoms with Crippen LogP contribution in [0.4, 0.5) is 0 Å². The van der Waals surface area contributed by atoms with E-state index in [9.17, 15) is 10.2 Å². The largest absolute Gasteiger partial charge is 0.414 e. The molecular formula is C22H42O3Si. The molecule has 0 aromatic rings. The molecule has 0 heterocycles. The molecule has 3 nitrogen and oxygen atoms in total. The molecule has 0 radical (unpaired) electrons. The van der Waals surface area contributed by atoms with E-state index in [4.69, 9.17) is 4.43 Å². The van der Waals surface area contributed by atoms with Crippen LogP contribution in [-0.2, 0) is 4.43 Å². The number of fused-ring (bicyclic) bond motifs is 1. The minimum absolute atomic E-state index is 0.0415. The predicted molar refractivity (Wildman–Crippen MR) is 112 cm³/mol. The van der Waals surface area contributed by atoms with E-state index in [1.165, 1.54) is 12.8 Å². The number of rotatable bonds is 6. The first-order chi connectivity index (χ1) is 11.7. The van der Waals surface area contributed by atoms with Gasteiger partial charge in [-0.15, -0.1) is 0 Å². The Balaban J connectivity index is 2.21. The third kappa shape index (κ3) is 4.13. The van der Waals surface area contributed by atoms with Crippen LogP contribution in [0.2, 0.25) is 18.1 Å². The highest BCUT2D eigenvalue weighted by Gasteiger charge is 2.57. The van der Waals surface area contributed by atoms with Gasteiger partial charge in [0.15, 0.2) is 8.32 Å². The predicted octanol–water partition coefficient (Wildman–Crippen LogP) is 5.28. The van der Waals surface area contributed by atoms with E-state index in [1.807, 2.05) is 6.92 Å². The summed E-state index contributed by atoms with van der Waals surface area (Å²) in [5.41, 5.74) is 0.0408. The zero-order chi connectivity index (χ0) is 20.0. The van der Waals surface area contributed by atoms with Crippen LogP contribution in [0.25, 0.3) is 0 Å². The second-order valence-electron chi connectivity index (χ2n) is 11.0. The summed E-state index contributed by atoms with van der Waals surface area (Å²) in [6, 6.07) is 0. The Bertz CT molecular complexity index is 520. The van der Waals surface area contributed by atoms with Gasteiger partial charge in [-0.2, -0.15) is 0 Å². The van der Waals surface area contributed by atoms with Crippen LogP contribution in [0.1, 0.15) is 73.1 Å². The first-order valence-electron chi connectivity index (χ1n) is 10.4. The highest BCUT2D eigenvalue weighted by atomic mass is 28.4. The van der Waals surface area contributed by atoms with Gasteiger partial charge in [0.25, 0.3) is 0 Å². The first kappa shape index (κ1) is 22.1. The second kappa shape index (κ2) is 7.34. The van der Waals surface area contributed by atoms with Crippen LogP contribution in [0.15, 0.2) is 12.2 Å².